The van der Waals surface area contributed by atoms with Gasteiger partial charge >= 0.3 is 6.09 Å². The molecular formula is C15H14Br2N2O4. The van der Waals surface area contributed by atoms with Crippen LogP contribution in [0.1, 0.15) is 16.1 Å². The minimum Gasteiger partial charge on any atom is -0.465 e. The highest BCUT2D eigenvalue weighted by molar-refractivity contribution is 9.13. The number of furan rings is 1. The second kappa shape index (κ2) is 8.16. The molecule has 2 amide bonds. The van der Waals surface area contributed by atoms with E-state index < -0.39 is 18.0 Å². The smallest absolute Gasteiger partial charge is 0.404 e. The molecule has 1 unspecified atom stereocenters. The Kier molecular flexibility index (Phi) is 6.23. The molecule has 0 bridgehead atoms. The fourth-order valence-corrected chi connectivity index (χ4v) is 2.58. The van der Waals surface area contributed by atoms with Gasteiger partial charge in [-0.25, -0.2) is 4.79 Å². The Morgan fingerprint density at radius 1 is 1.22 bits per heavy atom. The maximum absolute atomic E-state index is 12.2. The quantitative estimate of drug-likeness (QED) is 0.635. The van der Waals surface area contributed by atoms with Gasteiger partial charge in [-0.15, -0.1) is 0 Å². The zero-order chi connectivity index (χ0) is 16.8. The summed E-state index contributed by atoms with van der Waals surface area (Å²) < 4.78 is 6.33. The van der Waals surface area contributed by atoms with Crippen molar-refractivity contribution in [2.45, 2.75) is 12.5 Å². The van der Waals surface area contributed by atoms with Crippen LogP contribution in [0.3, 0.4) is 0 Å². The molecule has 1 heterocycles. The van der Waals surface area contributed by atoms with E-state index in [0.717, 1.165) is 5.56 Å². The van der Waals surface area contributed by atoms with Crippen molar-refractivity contribution in [2.24, 2.45) is 0 Å². The Labute approximate surface area is 149 Å². The fraction of sp³-hybridized carbons (Fsp3) is 0.200. The number of nitrogens with one attached hydrogen (secondary N) is 2. The number of carbonyl (C=O) groups excluding carboxylic acids is 1. The highest BCUT2D eigenvalue weighted by Crippen LogP contribution is 2.26. The third-order valence-electron chi connectivity index (χ3n) is 3.03. The van der Waals surface area contributed by atoms with E-state index in [2.05, 4.69) is 42.5 Å². The van der Waals surface area contributed by atoms with Crippen molar-refractivity contribution in [2.75, 3.05) is 6.54 Å². The summed E-state index contributed by atoms with van der Waals surface area (Å²) in [7, 11) is 0. The van der Waals surface area contributed by atoms with E-state index in [-0.39, 0.29) is 12.3 Å². The molecule has 2 aromatic rings. The molecule has 8 heteroatoms. The van der Waals surface area contributed by atoms with Crippen molar-refractivity contribution in [3.8, 4) is 0 Å². The molecule has 1 aromatic heterocycles. The molecule has 2 rings (SSSR count). The predicted molar refractivity (Wildman–Crippen MR) is 91.5 cm³/mol. The highest BCUT2D eigenvalue weighted by Gasteiger charge is 2.19. The number of halogens is 2. The molecule has 0 aliphatic carbocycles. The molecular weight excluding hydrogens is 432 g/mol. The van der Waals surface area contributed by atoms with E-state index in [4.69, 9.17) is 9.52 Å². The van der Waals surface area contributed by atoms with Crippen molar-refractivity contribution in [3.63, 3.8) is 0 Å². The number of carbonyl (C=O) groups is 2. The Morgan fingerprint density at radius 2 is 1.91 bits per heavy atom. The number of amides is 2. The Balaban J connectivity index is 2.06. The van der Waals surface area contributed by atoms with Gasteiger partial charge in [-0.1, -0.05) is 30.3 Å². The van der Waals surface area contributed by atoms with Crippen LogP contribution in [0.25, 0.3) is 0 Å². The zero-order valence-corrected chi connectivity index (χ0v) is 15.1. The van der Waals surface area contributed by atoms with Gasteiger partial charge in [-0.05, 0) is 43.8 Å². The number of rotatable bonds is 6. The first kappa shape index (κ1) is 17.6. The summed E-state index contributed by atoms with van der Waals surface area (Å²) in [5.74, 6) is -0.276. The molecule has 0 aliphatic heterocycles. The first-order valence-corrected chi connectivity index (χ1v) is 8.30. The first-order chi connectivity index (χ1) is 11.0. The standard InChI is InChI=1S/C15H14Br2N2O4/c16-11-7-12(23-13(11)17)14(20)19-10(8-18-15(21)22)6-9-4-2-1-3-5-9/h1-5,7,10,18H,6,8H2,(H,19,20)(H,21,22). The number of carboxylic acid groups (broad SMARTS) is 1. The van der Waals surface area contributed by atoms with E-state index in [1.807, 2.05) is 30.3 Å². The molecule has 0 saturated carbocycles. The van der Waals surface area contributed by atoms with E-state index in [1.165, 1.54) is 0 Å². The molecule has 23 heavy (non-hydrogen) atoms. The van der Waals surface area contributed by atoms with Gasteiger partial charge in [0.05, 0.1) is 10.5 Å². The summed E-state index contributed by atoms with van der Waals surface area (Å²) >= 11 is 6.41. The van der Waals surface area contributed by atoms with Crippen LogP contribution in [0.15, 0.2) is 50.0 Å². The molecule has 0 radical (unpaired) electrons. The molecule has 0 fully saturated rings. The normalized spacial score (nSPS) is 11.7. The zero-order valence-electron chi connectivity index (χ0n) is 11.9. The van der Waals surface area contributed by atoms with Crippen LogP contribution >= 0.6 is 31.9 Å². The van der Waals surface area contributed by atoms with Crippen LogP contribution in [0, 0.1) is 0 Å². The number of benzene rings is 1. The summed E-state index contributed by atoms with van der Waals surface area (Å²) in [5.41, 5.74) is 0.992. The lowest BCUT2D eigenvalue weighted by molar-refractivity contribution is 0.0906. The Morgan fingerprint density at radius 3 is 2.48 bits per heavy atom. The van der Waals surface area contributed by atoms with Crippen molar-refractivity contribution in [1.29, 1.82) is 0 Å². The van der Waals surface area contributed by atoms with Gasteiger partial charge < -0.3 is 20.2 Å². The van der Waals surface area contributed by atoms with Gasteiger partial charge in [-0.3, -0.25) is 4.79 Å². The first-order valence-electron chi connectivity index (χ1n) is 6.72. The van der Waals surface area contributed by atoms with Gasteiger partial charge in [0, 0.05) is 12.6 Å². The van der Waals surface area contributed by atoms with Crippen molar-refractivity contribution in [3.05, 3.63) is 56.9 Å². The van der Waals surface area contributed by atoms with Crippen LogP contribution in [0.5, 0.6) is 0 Å². The molecule has 1 aromatic carbocycles. The summed E-state index contributed by atoms with van der Waals surface area (Å²) in [6, 6.07) is 10.6. The monoisotopic (exact) mass is 444 g/mol. The molecule has 0 spiro atoms. The van der Waals surface area contributed by atoms with E-state index in [1.54, 1.807) is 6.07 Å². The van der Waals surface area contributed by atoms with Gasteiger partial charge in [0.15, 0.2) is 10.4 Å². The summed E-state index contributed by atoms with van der Waals surface area (Å²) in [4.78, 5) is 22.9. The third kappa shape index (κ3) is 5.40. The van der Waals surface area contributed by atoms with Crippen molar-refractivity contribution in [1.82, 2.24) is 10.6 Å². The third-order valence-corrected chi connectivity index (χ3v) is 4.74. The maximum atomic E-state index is 12.2. The molecule has 6 nitrogen and oxygen atoms in total. The number of hydrogen-bond acceptors (Lipinski definition) is 3. The van der Waals surface area contributed by atoms with Gasteiger partial charge in [0.25, 0.3) is 5.91 Å². The van der Waals surface area contributed by atoms with Crippen LogP contribution in [-0.2, 0) is 6.42 Å². The SMILES string of the molecule is O=C(O)NCC(Cc1ccccc1)NC(=O)c1cc(Br)c(Br)o1. The van der Waals surface area contributed by atoms with E-state index >= 15 is 0 Å². The lowest BCUT2D eigenvalue weighted by atomic mass is 10.1. The van der Waals surface area contributed by atoms with Crippen LogP contribution in [0.2, 0.25) is 0 Å². The van der Waals surface area contributed by atoms with Gasteiger partial charge in [0.2, 0.25) is 0 Å². The fourth-order valence-electron chi connectivity index (χ4n) is 2.00. The molecule has 122 valence electrons. The van der Waals surface area contributed by atoms with Crippen LogP contribution < -0.4 is 10.6 Å². The molecule has 1 atom stereocenters. The Hall–Kier alpha value is -1.80. The molecule has 0 aliphatic rings. The average molecular weight is 446 g/mol. The predicted octanol–water partition coefficient (Wildman–Crippen LogP) is 3.41. The maximum Gasteiger partial charge on any atom is 0.404 e. The minimum atomic E-state index is -1.14. The average Bonchev–Trinajstić information content (AvgIpc) is 2.85. The van der Waals surface area contributed by atoms with Crippen LogP contribution in [-0.4, -0.2) is 29.7 Å². The summed E-state index contributed by atoms with van der Waals surface area (Å²) in [5, 5.41) is 13.8. The summed E-state index contributed by atoms with van der Waals surface area (Å²) in [6.07, 6.45) is -0.642. The van der Waals surface area contributed by atoms with Crippen molar-refractivity contribution < 1.29 is 19.1 Å². The van der Waals surface area contributed by atoms with Gasteiger partial charge in [-0.2, -0.15) is 0 Å². The summed E-state index contributed by atoms with van der Waals surface area (Å²) in [6.45, 7) is 0.0962. The topological polar surface area (TPSA) is 91.6 Å². The van der Waals surface area contributed by atoms with Gasteiger partial charge in [0.1, 0.15) is 0 Å². The second-order valence-electron chi connectivity index (χ2n) is 4.78. The molecule has 3 N–H and O–H groups in total. The van der Waals surface area contributed by atoms with Crippen molar-refractivity contribution >= 4 is 43.9 Å². The number of hydrogen-bond donors (Lipinski definition) is 3. The van der Waals surface area contributed by atoms with E-state index in [0.29, 0.717) is 15.6 Å². The molecule has 0 saturated heterocycles. The lowest BCUT2D eigenvalue weighted by Crippen LogP contribution is -2.44. The van der Waals surface area contributed by atoms with E-state index in [9.17, 15) is 9.59 Å². The second-order valence-corrected chi connectivity index (χ2v) is 6.35. The largest absolute Gasteiger partial charge is 0.465 e. The highest BCUT2D eigenvalue weighted by atomic mass is 79.9. The Bertz CT molecular complexity index is 669. The van der Waals surface area contributed by atoms with Crippen LogP contribution in [0.4, 0.5) is 4.79 Å². The lowest BCUT2D eigenvalue weighted by Gasteiger charge is -2.18. The minimum absolute atomic E-state index is 0.0962.